The Morgan fingerprint density at radius 2 is 1.55 bits per heavy atom. The lowest BCUT2D eigenvalue weighted by atomic mass is 10.1. The maximum Gasteiger partial charge on any atom is 0.251 e. The molecule has 31 heavy (non-hydrogen) atoms. The molecule has 0 unspecified atom stereocenters. The minimum absolute atomic E-state index is 0.0298. The molecule has 3 aromatic rings. The molecule has 0 bridgehead atoms. The molecule has 0 saturated carbocycles. The average molecular weight is 441 g/mol. The highest BCUT2D eigenvalue weighted by molar-refractivity contribution is 7.89. The van der Waals surface area contributed by atoms with Crippen LogP contribution >= 0.6 is 0 Å². The molecule has 0 aliphatic carbocycles. The molecular weight excluding hydrogens is 416 g/mol. The van der Waals surface area contributed by atoms with Gasteiger partial charge in [-0.05, 0) is 41.5 Å². The van der Waals surface area contributed by atoms with Crippen molar-refractivity contribution >= 4 is 15.9 Å². The van der Waals surface area contributed by atoms with Gasteiger partial charge in [-0.3, -0.25) is 4.79 Å². The fraction of sp³-hybridized carbons (Fsp3) is 0.174. The first kappa shape index (κ1) is 22.3. The third-order valence-corrected chi connectivity index (χ3v) is 6.02. The van der Waals surface area contributed by atoms with Crippen molar-refractivity contribution in [1.82, 2.24) is 10.0 Å². The summed E-state index contributed by atoms with van der Waals surface area (Å²) in [5.74, 6) is 0.778. The van der Waals surface area contributed by atoms with E-state index in [0.717, 1.165) is 11.1 Å². The highest BCUT2D eigenvalue weighted by Gasteiger charge is 2.16. The molecule has 0 saturated heterocycles. The Bertz CT molecular complexity index is 1150. The molecule has 2 N–H and O–H groups in total. The highest BCUT2D eigenvalue weighted by Crippen LogP contribution is 2.27. The van der Waals surface area contributed by atoms with Gasteiger partial charge in [0.25, 0.3) is 5.91 Å². The van der Waals surface area contributed by atoms with E-state index >= 15 is 0 Å². The number of ether oxygens (including phenoxy) is 2. The summed E-state index contributed by atoms with van der Waals surface area (Å²) in [7, 11) is -0.668. The summed E-state index contributed by atoms with van der Waals surface area (Å²) in [6.07, 6.45) is 0. The van der Waals surface area contributed by atoms with Crippen LogP contribution in [-0.2, 0) is 23.1 Å². The van der Waals surface area contributed by atoms with Crippen molar-refractivity contribution in [3.8, 4) is 11.5 Å². The van der Waals surface area contributed by atoms with E-state index < -0.39 is 10.0 Å². The smallest absolute Gasteiger partial charge is 0.251 e. The molecule has 0 aliphatic rings. The SMILES string of the molecule is COc1ccc(CNC(=O)c2cccc(S(=O)(=O)NCc3ccccc3)c2)cc1OC. The van der Waals surface area contributed by atoms with Crippen LogP contribution in [0.2, 0.25) is 0 Å². The van der Waals surface area contributed by atoms with Crippen LogP contribution in [0.15, 0.2) is 77.7 Å². The topological polar surface area (TPSA) is 93.7 Å². The number of hydrogen-bond donors (Lipinski definition) is 2. The monoisotopic (exact) mass is 440 g/mol. The van der Waals surface area contributed by atoms with Gasteiger partial charge in [-0.15, -0.1) is 0 Å². The van der Waals surface area contributed by atoms with E-state index in [4.69, 9.17) is 9.47 Å². The molecule has 8 heteroatoms. The van der Waals surface area contributed by atoms with Crippen LogP contribution in [0.5, 0.6) is 11.5 Å². The molecule has 162 valence electrons. The zero-order valence-electron chi connectivity index (χ0n) is 17.3. The molecule has 7 nitrogen and oxygen atoms in total. The van der Waals surface area contributed by atoms with Crippen molar-refractivity contribution in [2.24, 2.45) is 0 Å². The van der Waals surface area contributed by atoms with Crippen molar-refractivity contribution in [2.75, 3.05) is 14.2 Å². The first-order chi connectivity index (χ1) is 14.9. The fourth-order valence-electron chi connectivity index (χ4n) is 2.94. The average Bonchev–Trinajstić information content (AvgIpc) is 2.81. The second-order valence-electron chi connectivity index (χ2n) is 6.71. The van der Waals surface area contributed by atoms with E-state index in [-0.39, 0.29) is 29.5 Å². The van der Waals surface area contributed by atoms with Crippen LogP contribution in [0, 0.1) is 0 Å². The van der Waals surface area contributed by atoms with Crippen molar-refractivity contribution in [3.05, 3.63) is 89.5 Å². The third kappa shape index (κ3) is 5.84. The molecular formula is C23H24N2O5S. The van der Waals surface area contributed by atoms with Gasteiger partial charge >= 0.3 is 0 Å². The molecule has 0 heterocycles. The minimum Gasteiger partial charge on any atom is -0.493 e. The predicted octanol–water partition coefficient (Wildman–Crippen LogP) is 3.11. The van der Waals surface area contributed by atoms with Gasteiger partial charge in [0.2, 0.25) is 10.0 Å². The summed E-state index contributed by atoms with van der Waals surface area (Å²) in [5, 5.41) is 2.79. The second-order valence-corrected chi connectivity index (χ2v) is 8.48. The Balaban J connectivity index is 1.67. The maximum atomic E-state index is 12.6. The van der Waals surface area contributed by atoms with Gasteiger partial charge in [0, 0.05) is 18.7 Å². The van der Waals surface area contributed by atoms with Crippen LogP contribution in [0.3, 0.4) is 0 Å². The summed E-state index contributed by atoms with van der Waals surface area (Å²) < 4.78 is 38.3. The Morgan fingerprint density at radius 1 is 0.806 bits per heavy atom. The van der Waals surface area contributed by atoms with E-state index in [2.05, 4.69) is 10.0 Å². The predicted molar refractivity (Wildman–Crippen MR) is 118 cm³/mol. The van der Waals surface area contributed by atoms with Gasteiger partial charge < -0.3 is 14.8 Å². The maximum absolute atomic E-state index is 12.6. The second kappa shape index (κ2) is 10.1. The van der Waals surface area contributed by atoms with Gasteiger partial charge in [0.15, 0.2) is 11.5 Å². The number of nitrogens with one attached hydrogen (secondary N) is 2. The number of sulfonamides is 1. The number of benzene rings is 3. The molecule has 0 aromatic heterocycles. The summed E-state index contributed by atoms with van der Waals surface area (Å²) >= 11 is 0. The Kier molecular flexibility index (Phi) is 7.28. The molecule has 0 atom stereocenters. The van der Waals surface area contributed by atoms with Gasteiger partial charge in [-0.25, -0.2) is 13.1 Å². The standard InChI is InChI=1S/C23H24N2O5S/c1-29-21-12-11-18(13-22(21)30-2)15-24-23(26)19-9-6-10-20(14-19)31(27,28)25-16-17-7-4-3-5-8-17/h3-14,25H,15-16H2,1-2H3,(H,24,26). The normalized spacial score (nSPS) is 11.0. The first-order valence-corrected chi connectivity index (χ1v) is 11.0. The lowest BCUT2D eigenvalue weighted by molar-refractivity contribution is 0.0950. The van der Waals surface area contributed by atoms with Gasteiger partial charge in [-0.1, -0.05) is 42.5 Å². The van der Waals surface area contributed by atoms with Crippen molar-refractivity contribution < 1.29 is 22.7 Å². The zero-order valence-corrected chi connectivity index (χ0v) is 18.1. The summed E-state index contributed by atoms with van der Waals surface area (Å²) in [6.45, 7) is 0.418. The number of rotatable bonds is 9. The summed E-state index contributed by atoms with van der Waals surface area (Å²) in [4.78, 5) is 12.6. The van der Waals surface area contributed by atoms with Crippen molar-refractivity contribution in [1.29, 1.82) is 0 Å². The number of methoxy groups -OCH3 is 2. The first-order valence-electron chi connectivity index (χ1n) is 9.55. The van der Waals surface area contributed by atoms with Crippen LogP contribution in [0.1, 0.15) is 21.5 Å². The Morgan fingerprint density at radius 3 is 2.26 bits per heavy atom. The van der Waals surface area contributed by atoms with Crippen LogP contribution in [0.25, 0.3) is 0 Å². The fourth-order valence-corrected chi connectivity index (χ4v) is 4.00. The number of carbonyl (C=O) groups is 1. The van der Waals surface area contributed by atoms with E-state index in [0.29, 0.717) is 11.5 Å². The largest absolute Gasteiger partial charge is 0.493 e. The van der Waals surface area contributed by atoms with Crippen LogP contribution < -0.4 is 19.5 Å². The van der Waals surface area contributed by atoms with Crippen LogP contribution in [0.4, 0.5) is 0 Å². The third-order valence-electron chi connectivity index (χ3n) is 4.62. The van der Waals surface area contributed by atoms with Crippen molar-refractivity contribution in [3.63, 3.8) is 0 Å². The van der Waals surface area contributed by atoms with Crippen LogP contribution in [-0.4, -0.2) is 28.5 Å². The van der Waals surface area contributed by atoms with E-state index in [1.54, 1.807) is 31.4 Å². The summed E-state index contributed by atoms with van der Waals surface area (Å²) in [5.41, 5.74) is 1.91. The van der Waals surface area contributed by atoms with Gasteiger partial charge in [-0.2, -0.15) is 0 Å². The quantitative estimate of drug-likeness (QED) is 0.533. The van der Waals surface area contributed by atoms with Crippen molar-refractivity contribution in [2.45, 2.75) is 18.0 Å². The molecule has 1 amide bonds. The molecule has 0 fully saturated rings. The Hall–Kier alpha value is -3.36. The lowest BCUT2D eigenvalue weighted by Gasteiger charge is -2.11. The molecule has 3 rings (SSSR count). The lowest BCUT2D eigenvalue weighted by Crippen LogP contribution is -2.25. The Labute approximate surface area is 182 Å². The highest BCUT2D eigenvalue weighted by atomic mass is 32.2. The number of hydrogen-bond acceptors (Lipinski definition) is 5. The van der Waals surface area contributed by atoms with Gasteiger partial charge in [0.05, 0.1) is 19.1 Å². The van der Waals surface area contributed by atoms with Gasteiger partial charge in [0.1, 0.15) is 0 Å². The van der Waals surface area contributed by atoms with E-state index in [1.165, 1.54) is 19.2 Å². The molecule has 0 radical (unpaired) electrons. The minimum atomic E-state index is -3.76. The molecule has 0 spiro atoms. The number of carbonyl (C=O) groups excluding carboxylic acids is 1. The number of amides is 1. The summed E-state index contributed by atoms with van der Waals surface area (Å²) in [6, 6.07) is 20.5. The molecule has 0 aliphatic heterocycles. The van der Waals surface area contributed by atoms with E-state index in [1.807, 2.05) is 36.4 Å². The zero-order chi connectivity index (χ0) is 22.3. The van der Waals surface area contributed by atoms with E-state index in [9.17, 15) is 13.2 Å². The molecule has 3 aromatic carbocycles.